The second-order valence-corrected chi connectivity index (χ2v) is 10.1. The smallest absolute Gasteiger partial charge is 0.253 e. The van der Waals surface area contributed by atoms with Gasteiger partial charge in [-0.05, 0) is 51.5 Å². The van der Waals surface area contributed by atoms with Gasteiger partial charge in [0.2, 0.25) is 5.91 Å². The van der Waals surface area contributed by atoms with E-state index in [4.69, 9.17) is 4.74 Å². The molecule has 2 aliphatic heterocycles. The van der Waals surface area contributed by atoms with Crippen LogP contribution in [0.5, 0.6) is 0 Å². The molecular formula is C25H36N4O3. The summed E-state index contributed by atoms with van der Waals surface area (Å²) >= 11 is 0. The number of aryl methyl sites for hydroxylation is 1. The fraction of sp³-hybridized carbons (Fsp3) is 0.600. The number of carbonyl (C=O) groups is 2. The Morgan fingerprint density at radius 2 is 1.84 bits per heavy atom. The van der Waals surface area contributed by atoms with Crippen LogP contribution in [0.25, 0.3) is 10.9 Å². The maximum atomic E-state index is 12.9. The van der Waals surface area contributed by atoms with Crippen LogP contribution in [0.4, 0.5) is 0 Å². The molecule has 2 N–H and O–H groups in total. The molecule has 2 aliphatic rings. The zero-order valence-corrected chi connectivity index (χ0v) is 19.7. The molecule has 1 aromatic carbocycles. The van der Waals surface area contributed by atoms with Crippen molar-refractivity contribution in [1.29, 1.82) is 0 Å². The van der Waals surface area contributed by atoms with Crippen LogP contribution in [0.1, 0.15) is 49.9 Å². The molecule has 3 atom stereocenters. The third-order valence-electron chi connectivity index (χ3n) is 6.98. The summed E-state index contributed by atoms with van der Waals surface area (Å²) in [6.45, 7) is 5.58. The Labute approximate surface area is 190 Å². The van der Waals surface area contributed by atoms with E-state index >= 15 is 0 Å². The van der Waals surface area contributed by atoms with E-state index in [0.29, 0.717) is 37.7 Å². The van der Waals surface area contributed by atoms with Gasteiger partial charge < -0.3 is 19.9 Å². The molecule has 0 spiro atoms. The Morgan fingerprint density at radius 3 is 2.53 bits per heavy atom. The van der Waals surface area contributed by atoms with Crippen LogP contribution in [0.3, 0.4) is 0 Å². The van der Waals surface area contributed by atoms with E-state index in [0.717, 1.165) is 42.1 Å². The highest BCUT2D eigenvalue weighted by Gasteiger charge is 2.41. The number of para-hydroxylation sites is 1. The Balaban J connectivity index is 1.31. The maximum Gasteiger partial charge on any atom is 0.253 e. The van der Waals surface area contributed by atoms with Gasteiger partial charge in [-0.25, -0.2) is 0 Å². The van der Waals surface area contributed by atoms with Gasteiger partial charge in [-0.2, -0.15) is 0 Å². The number of rotatable bonds is 8. The zero-order chi connectivity index (χ0) is 22.9. The molecule has 0 aliphatic carbocycles. The van der Waals surface area contributed by atoms with Gasteiger partial charge in [-0.1, -0.05) is 18.2 Å². The highest BCUT2D eigenvalue weighted by atomic mass is 16.5. The minimum atomic E-state index is -0.366. The third-order valence-corrected chi connectivity index (χ3v) is 6.98. The predicted molar refractivity (Wildman–Crippen MR) is 126 cm³/mol. The van der Waals surface area contributed by atoms with Gasteiger partial charge in [0, 0.05) is 49.9 Å². The van der Waals surface area contributed by atoms with Crippen molar-refractivity contribution in [3.05, 3.63) is 36.0 Å². The topological polar surface area (TPSA) is 75.6 Å². The van der Waals surface area contributed by atoms with Crippen molar-refractivity contribution >= 4 is 22.7 Å². The van der Waals surface area contributed by atoms with Crippen LogP contribution in [0.2, 0.25) is 0 Å². The van der Waals surface area contributed by atoms with Crippen LogP contribution in [-0.2, 0) is 16.6 Å². The average Bonchev–Trinajstić information content (AvgIpc) is 3.18. The van der Waals surface area contributed by atoms with E-state index in [1.165, 1.54) is 0 Å². The number of piperidine rings is 1. The van der Waals surface area contributed by atoms with Crippen molar-refractivity contribution < 1.29 is 14.3 Å². The first-order valence-corrected chi connectivity index (χ1v) is 11.7. The molecule has 0 saturated carbocycles. The van der Waals surface area contributed by atoms with Gasteiger partial charge >= 0.3 is 0 Å². The molecule has 7 heteroatoms. The number of carbonyl (C=O) groups excluding carboxylic acids is 2. The van der Waals surface area contributed by atoms with Gasteiger partial charge in [-0.15, -0.1) is 0 Å². The quantitative estimate of drug-likeness (QED) is 0.662. The monoisotopic (exact) mass is 440 g/mol. The SMILES string of the molecule is COCC(C)(C)NC(=O)CN1[C@@H]2CC[C@H]1CC(CNC(=O)c1cn(C)c3ccccc13)C2. The largest absolute Gasteiger partial charge is 0.382 e. The number of hydrogen-bond donors (Lipinski definition) is 2. The average molecular weight is 441 g/mol. The molecule has 32 heavy (non-hydrogen) atoms. The molecule has 2 bridgehead atoms. The zero-order valence-electron chi connectivity index (χ0n) is 19.7. The number of benzene rings is 1. The van der Waals surface area contributed by atoms with Crippen LogP contribution < -0.4 is 10.6 Å². The molecule has 7 nitrogen and oxygen atoms in total. The molecular weight excluding hydrogens is 404 g/mol. The van der Waals surface area contributed by atoms with Crippen molar-refractivity contribution in [2.45, 2.75) is 57.2 Å². The number of amides is 2. The van der Waals surface area contributed by atoms with E-state index < -0.39 is 0 Å². The first-order chi connectivity index (χ1) is 15.3. The van der Waals surface area contributed by atoms with Crippen molar-refractivity contribution in [2.75, 3.05) is 26.8 Å². The minimum Gasteiger partial charge on any atom is -0.382 e. The molecule has 2 saturated heterocycles. The fourth-order valence-corrected chi connectivity index (χ4v) is 5.65. The summed E-state index contributed by atoms with van der Waals surface area (Å²) in [5.74, 6) is 0.513. The number of hydrogen-bond acceptors (Lipinski definition) is 4. The summed E-state index contributed by atoms with van der Waals surface area (Å²) < 4.78 is 7.21. The molecule has 4 rings (SSSR count). The molecule has 2 amide bonds. The van der Waals surface area contributed by atoms with E-state index in [2.05, 4.69) is 15.5 Å². The molecule has 3 heterocycles. The number of fused-ring (bicyclic) bond motifs is 3. The van der Waals surface area contributed by atoms with Crippen molar-refractivity contribution in [3.8, 4) is 0 Å². The van der Waals surface area contributed by atoms with Crippen LogP contribution in [-0.4, -0.2) is 65.7 Å². The molecule has 2 fully saturated rings. The molecule has 1 unspecified atom stereocenters. The summed E-state index contributed by atoms with van der Waals surface area (Å²) in [6.07, 6.45) is 6.23. The highest BCUT2D eigenvalue weighted by molar-refractivity contribution is 6.06. The molecule has 2 aromatic rings. The standard InChI is InChI=1S/C25H36N4O3/c1-25(2,16-32-4)27-23(30)15-29-18-9-10-19(29)12-17(11-18)13-26-24(31)21-14-28(3)22-8-6-5-7-20(21)22/h5-8,14,17-19H,9-13,15-16H2,1-4H3,(H,26,31)(H,27,30)/t17?,18-,19+. The van der Waals surface area contributed by atoms with Gasteiger partial charge in [0.25, 0.3) is 5.91 Å². The first-order valence-electron chi connectivity index (χ1n) is 11.7. The highest BCUT2D eigenvalue weighted by Crippen LogP contribution is 2.38. The summed E-state index contributed by atoms with van der Waals surface area (Å²) in [7, 11) is 3.62. The Hall–Kier alpha value is -2.38. The first kappa shape index (κ1) is 22.8. The normalized spacial score (nSPS) is 23.4. The van der Waals surface area contributed by atoms with E-state index in [-0.39, 0.29) is 17.4 Å². The summed E-state index contributed by atoms with van der Waals surface area (Å²) in [5.41, 5.74) is 1.43. The molecule has 174 valence electrons. The Kier molecular flexibility index (Phi) is 6.58. The van der Waals surface area contributed by atoms with Gasteiger partial charge in [0.05, 0.1) is 24.3 Å². The minimum absolute atomic E-state index is 0.00340. The van der Waals surface area contributed by atoms with Crippen LogP contribution in [0.15, 0.2) is 30.5 Å². The van der Waals surface area contributed by atoms with Crippen molar-refractivity contribution in [2.24, 2.45) is 13.0 Å². The maximum absolute atomic E-state index is 12.9. The number of methoxy groups -OCH3 is 1. The van der Waals surface area contributed by atoms with Crippen molar-refractivity contribution in [1.82, 2.24) is 20.1 Å². The van der Waals surface area contributed by atoms with Crippen molar-refractivity contribution in [3.63, 3.8) is 0 Å². The summed E-state index contributed by atoms with van der Waals surface area (Å²) in [4.78, 5) is 27.9. The molecule has 1 aromatic heterocycles. The Bertz CT molecular complexity index is 969. The number of ether oxygens (including phenoxy) is 1. The van der Waals surface area contributed by atoms with E-state index in [1.807, 2.05) is 55.9 Å². The summed E-state index contributed by atoms with van der Waals surface area (Å²) in [5, 5.41) is 7.27. The van der Waals surface area contributed by atoms with Gasteiger partial charge in [0.1, 0.15) is 0 Å². The predicted octanol–water partition coefficient (Wildman–Crippen LogP) is 2.69. The number of nitrogens with zero attached hydrogens (tertiary/aromatic N) is 2. The summed E-state index contributed by atoms with van der Waals surface area (Å²) in [6, 6.07) is 8.84. The second kappa shape index (κ2) is 9.24. The van der Waals surface area contributed by atoms with Crippen LogP contribution >= 0.6 is 0 Å². The van der Waals surface area contributed by atoms with Gasteiger partial charge in [-0.3, -0.25) is 14.5 Å². The van der Waals surface area contributed by atoms with Gasteiger partial charge in [0.15, 0.2) is 0 Å². The third kappa shape index (κ3) is 4.84. The lowest BCUT2D eigenvalue weighted by atomic mass is 9.90. The second-order valence-electron chi connectivity index (χ2n) is 10.1. The van der Waals surface area contributed by atoms with E-state index in [1.54, 1.807) is 7.11 Å². The van der Waals surface area contributed by atoms with Crippen LogP contribution in [0, 0.1) is 5.92 Å². The fourth-order valence-electron chi connectivity index (χ4n) is 5.65. The lowest BCUT2D eigenvalue weighted by molar-refractivity contribution is -0.125. The lowest BCUT2D eigenvalue weighted by Crippen LogP contribution is -2.53. The lowest BCUT2D eigenvalue weighted by Gasteiger charge is -2.39. The molecule has 0 radical (unpaired) electrons. The Morgan fingerprint density at radius 1 is 1.16 bits per heavy atom. The number of aromatic nitrogens is 1. The number of nitrogens with one attached hydrogen (secondary N) is 2. The van der Waals surface area contributed by atoms with E-state index in [9.17, 15) is 9.59 Å².